The highest BCUT2D eigenvalue weighted by Gasteiger charge is 2.18. The predicted octanol–water partition coefficient (Wildman–Crippen LogP) is 7.42. The summed E-state index contributed by atoms with van der Waals surface area (Å²) in [5.41, 5.74) is 5.01. The Balaban J connectivity index is 1.30. The van der Waals surface area contributed by atoms with Gasteiger partial charge in [0, 0.05) is 36.4 Å². The van der Waals surface area contributed by atoms with Gasteiger partial charge < -0.3 is 4.74 Å². The van der Waals surface area contributed by atoms with E-state index in [1.54, 1.807) is 12.4 Å². The molecule has 0 aliphatic carbocycles. The average molecular weight is 507 g/mol. The number of nitrogens with one attached hydrogen (secondary N) is 1. The van der Waals surface area contributed by atoms with Crippen LogP contribution in [0.5, 0.6) is 5.75 Å². The Morgan fingerprint density at radius 1 is 1.11 bits per heavy atom. The maximum absolute atomic E-state index is 6.30. The highest BCUT2D eigenvalue weighted by atomic mass is 35.5. The number of fused-ring (bicyclic) bond motifs is 1. The van der Waals surface area contributed by atoms with Crippen LogP contribution in [0, 0.1) is 5.92 Å². The van der Waals surface area contributed by atoms with Crippen molar-refractivity contribution in [3.8, 4) is 5.75 Å². The van der Waals surface area contributed by atoms with Gasteiger partial charge in [0.15, 0.2) is 0 Å². The fourth-order valence-corrected chi connectivity index (χ4v) is 5.30. The molecular formula is C28H28Cl2N4O. The van der Waals surface area contributed by atoms with Crippen LogP contribution in [0.1, 0.15) is 48.8 Å². The van der Waals surface area contributed by atoms with E-state index in [9.17, 15) is 0 Å². The summed E-state index contributed by atoms with van der Waals surface area (Å²) in [7, 11) is 0. The highest BCUT2D eigenvalue weighted by Crippen LogP contribution is 2.33. The molecule has 180 valence electrons. The molecule has 4 aromatic rings. The van der Waals surface area contributed by atoms with Crippen LogP contribution in [-0.2, 0) is 6.54 Å². The van der Waals surface area contributed by atoms with E-state index in [1.165, 1.54) is 25.1 Å². The first kappa shape index (κ1) is 23.9. The lowest BCUT2D eigenvalue weighted by atomic mass is 10.1. The molecular weight excluding hydrogens is 479 g/mol. The summed E-state index contributed by atoms with van der Waals surface area (Å²) < 4.78 is 6.17. The molecule has 2 atom stereocenters. The zero-order valence-electron chi connectivity index (χ0n) is 19.8. The van der Waals surface area contributed by atoms with Crippen molar-refractivity contribution >= 4 is 46.3 Å². The maximum Gasteiger partial charge on any atom is 0.124 e. The van der Waals surface area contributed by atoms with E-state index in [0.717, 1.165) is 40.2 Å². The molecule has 0 saturated carbocycles. The minimum atomic E-state index is -0.330. The average Bonchev–Trinajstić information content (AvgIpc) is 3.44. The Kier molecular flexibility index (Phi) is 7.09. The van der Waals surface area contributed by atoms with E-state index in [4.69, 9.17) is 27.9 Å². The molecule has 5 rings (SSSR count). The molecule has 2 aromatic heterocycles. The monoisotopic (exact) mass is 506 g/mol. The van der Waals surface area contributed by atoms with Crippen molar-refractivity contribution in [2.75, 3.05) is 13.1 Å². The number of aromatic amines is 1. The molecule has 2 unspecified atom stereocenters. The van der Waals surface area contributed by atoms with Crippen LogP contribution < -0.4 is 4.74 Å². The van der Waals surface area contributed by atoms with Crippen molar-refractivity contribution < 1.29 is 4.74 Å². The quantitative estimate of drug-likeness (QED) is 0.283. The number of nitrogens with zero attached hydrogens (tertiary/aromatic N) is 3. The summed E-state index contributed by atoms with van der Waals surface area (Å²) in [5.74, 6) is 1.52. The zero-order chi connectivity index (χ0) is 24.4. The predicted molar refractivity (Wildman–Crippen MR) is 144 cm³/mol. The number of halogens is 2. The van der Waals surface area contributed by atoms with Gasteiger partial charge in [0.2, 0.25) is 0 Å². The zero-order valence-corrected chi connectivity index (χ0v) is 21.4. The Morgan fingerprint density at radius 2 is 1.89 bits per heavy atom. The second kappa shape index (κ2) is 10.4. The van der Waals surface area contributed by atoms with Crippen molar-refractivity contribution in [2.24, 2.45) is 5.92 Å². The molecule has 1 aliphatic rings. The van der Waals surface area contributed by atoms with Crippen LogP contribution >= 0.6 is 23.2 Å². The normalized spacial score (nSPS) is 17.4. The van der Waals surface area contributed by atoms with Crippen LogP contribution in [0.2, 0.25) is 10.0 Å². The molecule has 1 aliphatic heterocycles. The summed E-state index contributed by atoms with van der Waals surface area (Å²) in [6.45, 7) is 7.66. The topological polar surface area (TPSA) is 54.0 Å². The van der Waals surface area contributed by atoms with Gasteiger partial charge in [-0.25, -0.2) is 0 Å². The van der Waals surface area contributed by atoms with Crippen molar-refractivity contribution in [1.82, 2.24) is 20.1 Å². The molecule has 1 N–H and O–H groups in total. The molecule has 3 heterocycles. The third-order valence-corrected chi connectivity index (χ3v) is 7.10. The lowest BCUT2D eigenvalue weighted by molar-refractivity contribution is 0.227. The third-order valence-electron chi connectivity index (χ3n) is 6.50. The van der Waals surface area contributed by atoms with Crippen molar-refractivity contribution in [3.05, 3.63) is 87.3 Å². The van der Waals surface area contributed by atoms with Crippen LogP contribution in [0.3, 0.4) is 0 Å². The summed E-state index contributed by atoms with van der Waals surface area (Å²) in [4.78, 5) is 6.54. The highest BCUT2D eigenvalue weighted by molar-refractivity contribution is 6.35. The van der Waals surface area contributed by atoms with Crippen LogP contribution in [-0.4, -0.2) is 33.2 Å². The first-order valence-electron chi connectivity index (χ1n) is 11.9. The molecule has 1 fully saturated rings. The minimum Gasteiger partial charge on any atom is -0.486 e. The molecule has 0 spiro atoms. The third kappa shape index (κ3) is 5.53. The fourth-order valence-electron chi connectivity index (χ4n) is 4.62. The van der Waals surface area contributed by atoms with Gasteiger partial charge in [-0.1, -0.05) is 60.5 Å². The Hall–Kier alpha value is -2.86. The van der Waals surface area contributed by atoms with Crippen LogP contribution in [0.4, 0.5) is 0 Å². The van der Waals surface area contributed by atoms with E-state index in [-0.39, 0.29) is 6.10 Å². The number of ether oxygens (including phenoxy) is 1. The van der Waals surface area contributed by atoms with Crippen LogP contribution in [0.25, 0.3) is 23.1 Å². The van der Waals surface area contributed by atoms with Gasteiger partial charge in [0.1, 0.15) is 11.9 Å². The number of benzene rings is 2. The lowest BCUT2D eigenvalue weighted by Crippen LogP contribution is -2.19. The van der Waals surface area contributed by atoms with Gasteiger partial charge in [-0.05, 0) is 61.2 Å². The molecule has 35 heavy (non-hydrogen) atoms. The Morgan fingerprint density at radius 3 is 2.60 bits per heavy atom. The summed E-state index contributed by atoms with van der Waals surface area (Å²) >= 11 is 12.6. The molecule has 0 bridgehead atoms. The second-order valence-corrected chi connectivity index (χ2v) is 10.1. The first-order chi connectivity index (χ1) is 17.0. The number of likely N-dealkylation sites (tertiary alicyclic amines) is 1. The van der Waals surface area contributed by atoms with Gasteiger partial charge in [0.05, 0.1) is 21.3 Å². The Labute approximate surface area is 215 Å². The number of rotatable bonds is 7. The van der Waals surface area contributed by atoms with Gasteiger partial charge >= 0.3 is 0 Å². The fraction of sp³-hybridized carbons (Fsp3) is 0.286. The van der Waals surface area contributed by atoms with Crippen molar-refractivity contribution in [1.29, 1.82) is 0 Å². The number of hydrogen-bond donors (Lipinski definition) is 1. The molecule has 5 nitrogen and oxygen atoms in total. The molecule has 7 heteroatoms. The van der Waals surface area contributed by atoms with E-state index >= 15 is 0 Å². The minimum absolute atomic E-state index is 0.330. The van der Waals surface area contributed by atoms with Crippen LogP contribution in [0.15, 0.2) is 54.9 Å². The smallest absolute Gasteiger partial charge is 0.124 e. The first-order valence-corrected chi connectivity index (χ1v) is 12.6. The lowest BCUT2D eigenvalue weighted by Gasteiger charge is -2.17. The summed E-state index contributed by atoms with van der Waals surface area (Å²) in [5, 5.41) is 9.54. The molecule has 2 aromatic carbocycles. The maximum atomic E-state index is 6.30. The van der Waals surface area contributed by atoms with E-state index in [1.807, 2.05) is 31.2 Å². The van der Waals surface area contributed by atoms with Crippen molar-refractivity contribution in [2.45, 2.75) is 32.9 Å². The number of H-pyrrole nitrogens is 1. The number of pyridine rings is 1. The molecule has 1 saturated heterocycles. The van der Waals surface area contributed by atoms with E-state index in [0.29, 0.717) is 15.8 Å². The standard InChI is InChI=1S/C28H28Cl2N4O/c1-18-11-12-34(16-18)17-21-5-3-20(4-6-21)7-9-26-23-13-22(8-10-27(23)33-32-26)35-19(2)28-24(29)14-31-15-25(28)30/h3-10,13-15,18-19H,11-12,16-17H2,1-2H3,(H,32,33)/b9-7+. The van der Waals surface area contributed by atoms with Gasteiger partial charge in [0.25, 0.3) is 0 Å². The number of aromatic nitrogens is 3. The van der Waals surface area contributed by atoms with Crippen molar-refractivity contribution in [3.63, 3.8) is 0 Å². The summed E-state index contributed by atoms with van der Waals surface area (Å²) in [6.07, 6.45) is 8.23. The summed E-state index contributed by atoms with van der Waals surface area (Å²) in [6, 6.07) is 14.6. The van der Waals surface area contributed by atoms with E-state index < -0.39 is 0 Å². The van der Waals surface area contributed by atoms with E-state index in [2.05, 4.69) is 57.3 Å². The van der Waals surface area contributed by atoms with Gasteiger partial charge in [-0.3, -0.25) is 15.0 Å². The Bertz CT molecular complexity index is 1330. The molecule has 0 radical (unpaired) electrons. The van der Waals surface area contributed by atoms with Gasteiger partial charge in [-0.2, -0.15) is 5.10 Å². The largest absolute Gasteiger partial charge is 0.486 e. The van der Waals surface area contributed by atoms with Gasteiger partial charge in [-0.15, -0.1) is 0 Å². The second-order valence-electron chi connectivity index (χ2n) is 9.30. The number of hydrogen-bond acceptors (Lipinski definition) is 4. The SMILES string of the molecule is CC1CCN(Cc2ccc(/C=C/c3n[nH]c4ccc(OC(C)c5c(Cl)cncc5Cl)cc34)cc2)C1. The molecule has 0 amide bonds.